The van der Waals surface area contributed by atoms with E-state index in [2.05, 4.69) is 242 Å². The minimum atomic E-state index is -0.0971. The first-order chi connectivity index (χ1) is 33.9. The molecule has 0 radical (unpaired) electrons. The number of para-hydroxylation sites is 3. The summed E-state index contributed by atoms with van der Waals surface area (Å²) >= 11 is 0. The van der Waals surface area contributed by atoms with Gasteiger partial charge in [0.1, 0.15) is 0 Å². The summed E-state index contributed by atoms with van der Waals surface area (Å²) in [6.07, 6.45) is 4.40. The molecule has 9 aromatic carbocycles. The molecule has 2 aromatic heterocycles. The zero-order chi connectivity index (χ0) is 46.2. The van der Waals surface area contributed by atoms with Gasteiger partial charge in [0.2, 0.25) is 0 Å². The van der Waals surface area contributed by atoms with Crippen LogP contribution < -0.4 is 14.5 Å². The molecule has 13 rings (SSSR count). The van der Waals surface area contributed by atoms with E-state index in [-0.39, 0.29) is 26.5 Å². The summed E-state index contributed by atoms with van der Waals surface area (Å²) in [6.45, 7) is 9.65. The second-order valence-electron chi connectivity index (χ2n) is 18.9. The van der Waals surface area contributed by atoms with Crippen molar-refractivity contribution in [3.05, 3.63) is 235 Å². The summed E-state index contributed by atoms with van der Waals surface area (Å²) in [5.41, 5.74) is 13.0. The van der Waals surface area contributed by atoms with Crippen LogP contribution in [0.3, 0.4) is 0 Å². The first-order valence-corrected chi connectivity index (χ1v) is 23.7. The number of fused-ring (bicyclic) bond motifs is 11. The molecule has 0 spiro atoms. The van der Waals surface area contributed by atoms with E-state index >= 15 is 0 Å². The van der Waals surface area contributed by atoms with Crippen LogP contribution in [0.1, 0.15) is 31.9 Å². The van der Waals surface area contributed by atoms with Crippen molar-refractivity contribution in [3.63, 3.8) is 0 Å². The number of hydrogen-bond acceptors (Lipinski definition) is 3. The SMILES string of the molecule is CC(C)(C)c1cc2c3ccccc3c3ccccc3c3c(n4c5[c-]c(Oc6[c-]c(N7[CH-]N(c8c(-c9ccccc9)cccc8-c8ccccc8)c8ccccc87)ccc6)ccc5c(c1)c24)[N-]CC=C3.[Pt+4]. The van der Waals surface area contributed by atoms with Crippen LogP contribution in [0.15, 0.2) is 200 Å². The van der Waals surface area contributed by atoms with Gasteiger partial charge in [0.15, 0.2) is 0 Å². The third-order valence-corrected chi connectivity index (χ3v) is 13.7. The number of benzene rings is 9. The summed E-state index contributed by atoms with van der Waals surface area (Å²) in [4.78, 5) is 4.53. The largest absolute Gasteiger partial charge is 4.00 e. The Labute approximate surface area is 422 Å². The molecule has 2 aliphatic rings. The Morgan fingerprint density at radius 1 is 0.529 bits per heavy atom. The van der Waals surface area contributed by atoms with Gasteiger partial charge in [-0.2, -0.15) is 12.1 Å². The van der Waals surface area contributed by atoms with Crippen molar-refractivity contribution in [2.75, 3.05) is 16.3 Å². The Hall–Kier alpha value is -7.85. The fourth-order valence-corrected chi connectivity index (χ4v) is 10.5. The molecule has 0 saturated carbocycles. The second-order valence-corrected chi connectivity index (χ2v) is 18.9. The van der Waals surface area contributed by atoms with Crippen molar-refractivity contribution in [3.8, 4) is 33.8 Å². The van der Waals surface area contributed by atoms with Gasteiger partial charge in [-0.15, -0.1) is 53.6 Å². The summed E-state index contributed by atoms with van der Waals surface area (Å²) in [5, 5.41) is 13.5. The van der Waals surface area contributed by atoms with E-state index < -0.39 is 0 Å². The van der Waals surface area contributed by atoms with Gasteiger partial charge in [-0.05, 0) is 78.8 Å². The summed E-state index contributed by atoms with van der Waals surface area (Å²) in [7, 11) is 0. The van der Waals surface area contributed by atoms with Crippen LogP contribution in [0.5, 0.6) is 11.5 Å². The molecule has 338 valence electrons. The molecular weight excluding hydrogens is 1040 g/mol. The van der Waals surface area contributed by atoms with E-state index in [0.29, 0.717) is 18.0 Å². The topological polar surface area (TPSA) is 34.2 Å². The molecule has 0 aliphatic carbocycles. The van der Waals surface area contributed by atoms with Crippen LogP contribution in [0.2, 0.25) is 0 Å². The fraction of sp³-hybridized carbons (Fsp3) is 0.0781. The number of anilines is 4. The maximum Gasteiger partial charge on any atom is 4.00 e. The van der Waals surface area contributed by atoms with E-state index in [1.165, 1.54) is 27.1 Å². The Morgan fingerprint density at radius 3 is 1.76 bits per heavy atom. The average molecular weight is 1080 g/mol. The molecule has 0 atom stereocenters. The average Bonchev–Trinajstić information content (AvgIpc) is 3.95. The quantitative estimate of drug-likeness (QED) is 0.156. The van der Waals surface area contributed by atoms with Crippen LogP contribution >= 0.6 is 0 Å². The van der Waals surface area contributed by atoms with Gasteiger partial charge in [0.25, 0.3) is 0 Å². The van der Waals surface area contributed by atoms with Crippen molar-refractivity contribution < 1.29 is 25.8 Å². The Morgan fingerprint density at radius 2 is 1.09 bits per heavy atom. The van der Waals surface area contributed by atoms with E-state index in [0.717, 1.165) is 83.6 Å². The van der Waals surface area contributed by atoms with Gasteiger partial charge in [-0.1, -0.05) is 196 Å². The minimum absolute atomic E-state index is 0. The normalized spacial score (nSPS) is 13.1. The zero-order valence-corrected chi connectivity index (χ0v) is 41.2. The van der Waals surface area contributed by atoms with Crippen LogP contribution in [0.4, 0.5) is 28.6 Å². The number of hydrogen-bond donors (Lipinski definition) is 0. The van der Waals surface area contributed by atoms with Crippen LogP contribution in [-0.4, -0.2) is 10.9 Å². The molecule has 0 amide bonds. The molecule has 0 saturated heterocycles. The van der Waals surface area contributed by atoms with Gasteiger partial charge in [0.05, 0.1) is 0 Å². The molecule has 0 unspecified atom stereocenters. The molecule has 4 heterocycles. The van der Waals surface area contributed by atoms with Crippen molar-refractivity contribution in [1.29, 1.82) is 0 Å². The monoisotopic (exact) mass is 1080 g/mol. The smallest absolute Gasteiger partial charge is 0.509 e. The van der Waals surface area contributed by atoms with Crippen molar-refractivity contribution in [2.45, 2.75) is 26.2 Å². The first-order valence-electron chi connectivity index (χ1n) is 23.7. The van der Waals surface area contributed by atoms with Gasteiger partial charge in [-0.3, -0.25) is 0 Å². The zero-order valence-electron chi connectivity index (χ0n) is 38.9. The second kappa shape index (κ2) is 17.3. The van der Waals surface area contributed by atoms with E-state index in [4.69, 9.17) is 10.1 Å². The number of aromatic nitrogens is 1. The van der Waals surface area contributed by atoms with E-state index in [1.54, 1.807) is 0 Å². The molecule has 11 aromatic rings. The Kier molecular flexibility index (Phi) is 10.7. The molecule has 0 bridgehead atoms. The summed E-state index contributed by atoms with van der Waals surface area (Å²) in [5.74, 6) is 2.09. The van der Waals surface area contributed by atoms with Crippen LogP contribution in [0.25, 0.3) is 82.4 Å². The van der Waals surface area contributed by atoms with Crippen molar-refractivity contribution >= 4 is 83.4 Å². The Balaban J connectivity index is 0.00000505. The first kappa shape index (κ1) is 43.4. The van der Waals surface area contributed by atoms with Gasteiger partial charge < -0.3 is 24.3 Å². The molecule has 70 heavy (non-hydrogen) atoms. The third-order valence-electron chi connectivity index (χ3n) is 13.7. The summed E-state index contributed by atoms with van der Waals surface area (Å²) < 4.78 is 9.20. The maximum absolute atomic E-state index is 6.85. The third kappa shape index (κ3) is 7.18. The predicted molar refractivity (Wildman–Crippen MR) is 288 cm³/mol. The van der Waals surface area contributed by atoms with Crippen molar-refractivity contribution in [1.82, 2.24) is 4.40 Å². The molecule has 2 aliphatic heterocycles. The summed E-state index contributed by atoms with van der Waals surface area (Å²) in [6, 6.07) is 76.6. The van der Waals surface area contributed by atoms with Crippen molar-refractivity contribution in [2.24, 2.45) is 0 Å². The van der Waals surface area contributed by atoms with E-state index in [9.17, 15) is 0 Å². The standard InChI is InChI=1S/C64H46N4O.Pt/c1-64(2,3)44-37-56-53-28-13-11-26-51(53)50-25-10-12-27-52(50)55-31-18-36-65-63(55)68-60-40-47(34-35-54(60)57(38-44)62(56)68)69-46-24-16-23-45(39-46)66-41-67(59-33-15-14-32-58(59)66)61-48(42-19-6-4-7-20-42)29-17-30-49(61)43-21-8-5-9-22-43;/h4-35,37-38,41H,36H2,1-3H3;/q-4;+4. The van der Waals surface area contributed by atoms with E-state index in [1.807, 2.05) is 18.2 Å². The fourth-order valence-electron chi connectivity index (χ4n) is 10.5. The number of ether oxygens (including phenoxy) is 1. The molecule has 6 heteroatoms. The Bertz CT molecular complexity index is 3850. The van der Waals surface area contributed by atoms with Gasteiger partial charge >= 0.3 is 21.1 Å². The molecule has 0 fully saturated rings. The van der Waals surface area contributed by atoms with Crippen LogP contribution in [0, 0.1) is 18.8 Å². The maximum atomic E-state index is 6.85. The predicted octanol–water partition coefficient (Wildman–Crippen LogP) is 17.6. The number of rotatable bonds is 6. The molecule has 0 N–H and O–H groups in total. The molecular formula is C64H46N4OPt. The van der Waals surface area contributed by atoms with Gasteiger partial charge in [0, 0.05) is 39.7 Å². The molecule has 5 nitrogen and oxygen atoms in total. The number of nitrogens with zero attached hydrogens (tertiary/aromatic N) is 4. The van der Waals surface area contributed by atoms with Crippen LogP contribution in [-0.2, 0) is 26.5 Å². The minimum Gasteiger partial charge on any atom is -0.509 e. The van der Waals surface area contributed by atoms with Gasteiger partial charge in [-0.25, -0.2) is 0 Å².